The molecule has 3 heterocycles. The summed E-state index contributed by atoms with van der Waals surface area (Å²) in [6, 6.07) is 0. The summed E-state index contributed by atoms with van der Waals surface area (Å²) in [6.45, 7) is 2.14. The number of ether oxygens (including phenoxy) is 2. The molecule has 1 aliphatic heterocycles. The minimum absolute atomic E-state index is 0.00823. The number of imidazole rings is 1. The van der Waals surface area contributed by atoms with Crippen LogP contribution in [0.5, 0.6) is 0 Å². The SMILES string of the molecule is COC[C@H]1O[C@@H](n2cnc3c(=O)[nH]c(N)nc32)[C@@H](C)[C@@H]1O. The summed E-state index contributed by atoms with van der Waals surface area (Å²) in [5.74, 6) is -0.196. The molecular formula is C12H17N5O4. The lowest BCUT2D eigenvalue weighted by Gasteiger charge is -2.17. The minimum Gasteiger partial charge on any atom is -0.390 e. The van der Waals surface area contributed by atoms with Crippen LogP contribution in [0.3, 0.4) is 0 Å². The topological polar surface area (TPSA) is 128 Å². The number of nitrogen functional groups attached to an aromatic ring is 1. The Morgan fingerprint density at radius 3 is 3.10 bits per heavy atom. The Hall–Kier alpha value is -1.97. The molecule has 0 radical (unpaired) electrons. The number of hydrogen-bond donors (Lipinski definition) is 3. The van der Waals surface area contributed by atoms with E-state index in [9.17, 15) is 9.90 Å². The number of aromatic amines is 1. The van der Waals surface area contributed by atoms with Crippen LogP contribution in [-0.4, -0.2) is 50.6 Å². The van der Waals surface area contributed by atoms with E-state index in [2.05, 4.69) is 15.0 Å². The van der Waals surface area contributed by atoms with Gasteiger partial charge < -0.3 is 20.3 Å². The second-order valence-electron chi connectivity index (χ2n) is 5.15. The zero-order valence-electron chi connectivity index (χ0n) is 11.7. The third-order valence-corrected chi connectivity index (χ3v) is 3.74. The van der Waals surface area contributed by atoms with Crippen molar-refractivity contribution >= 4 is 17.1 Å². The average Bonchev–Trinajstić information content (AvgIpc) is 2.96. The predicted molar refractivity (Wildman–Crippen MR) is 73.5 cm³/mol. The van der Waals surface area contributed by atoms with Gasteiger partial charge in [0.2, 0.25) is 5.95 Å². The number of methoxy groups -OCH3 is 1. The van der Waals surface area contributed by atoms with E-state index in [-0.39, 0.29) is 24.0 Å². The molecule has 114 valence electrons. The fraction of sp³-hybridized carbons (Fsp3) is 0.583. The third kappa shape index (κ3) is 2.19. The summed E-state index contributed by atoms with van der Waals surface area (Å²) in [5, 5.41) is 10.2. The van der Waals surface area contributed by atoms with Crippen molar-refractivity contribution in [1.82, 2.24) is 19.5 Å². The summed E-state index contributed by atoms with van der Waals surface area (Å²) >= 11 is 0. The molecule has 1 fully saturated rings. The Labute approximate surface area is 119 Å². The van der Waals surface area contributed by atoms with Crippen molar-refractivity contribution in [2.24, 2.45) is 5.92 Å². The fourth-order valence-electron chi connectivity index (χ4n) is 2.64. The van der Waals surface area contributed by atoms with Crippen molar-refractivity contribution in [3.63, 3.8) is 0 Å². The molecular weight excluding hydrogens is 278 g/mol. The molecule has 0 bridgehead atoms. The highest BCUT2D eigenvalue weighted by Gasteiger charge is 2.42. The van der Waals surface area contributed by atoms with Crippen LogP contribution in [0.2, 0.25) is 0 Å². The van der Waals surface area contributed by atoms with Gasteiger partial charge in [-0.2, -0.15) is 4.98 Å². The molecule has 9 nitrogen and oxygen atoms in total. The number of nitrogens with one attached hydrogen (secondary N) is 1. The van der Waals surface area contributed by atoms with Crippen molar-refractivity contribution in [2.75, 3.05) is 19.5 Å². The molecule has 0 aromatic carbocycles. The van der Waals surface area contributed by atoms with E-state index in [1.165, 1.54) is 6.33 Å². The van der Waals surface area contributed by atoms with Crippen LogP contribution < -0.4 is 11.3 Å². The van der Waals surface area contributed by atoms with Crippen LogP contribution >= 0.6 is 0 Å². The number of aliphatic hydroxyl groups is 1. The van der Waals surface area contributed by atoms with Crippen LogP contribution in [-0.2, 0) is 9.47 Å². The van der Waals surface area contributed by atoms with E-state index in [4.69, 9.17) is 15.2 Å². The average molecular weight is 295 g/mol. The molecule has 0 aliphatic carbocycles. The summed E-state index contributed by atoms with van der Waals surface area (Å²) in [7, 11) is 1.54. The van der Waals surface area contributed by atoms with Crippen LogP contribution in [0.1, 0.15) is 13.2 Å². The lowest BCUT2D eigenvalue weighted by Crippen LogP contribution is -2.28. The summed E-state index contributed by atoms with van der Waals surface area (Å²) in [6.07, 6.45) is -0.132. The van der Waals surface area contributed by atoms with Crippen molar-refractivity contribution in [2.45, 2.75) is 25.4 Å². The maximum absolute atomic E-state index is 11.8. The van der Waals surface area contributed by atoms with Gasteiger partial charge in [0.05, 0.1) is 19.0 Å². The Bertz CT molecular complexity index is 711. The number of hydrogen-bond acceptors (Lipinski definition) is 7. The molecule has 4 N–H and O–H groups in total. The Kier molecular flexibility index (Phi) is 3.40. The van der Waals surface area contributed by atoms with Crippen LogP contribution in [0.15, 0.2) is 11.1 Å². The molecule has 21 heavy (non-hydrogen) atoms. The second-order valence-corrected chi connectivity index (χ2v) is 5.15. The highest BCUT2D eigenvalue weighted by Crippen LogP contribution is 2.35. The molecule has 2 aromatic heterocycles. The van der Waals surface area contributed by atoms with Gasteiger partial charge in [-0.25, -0.2) is 4.98 Å². The molecule has 2 aromatic rings. The van der Waals surface area contributed by atoms with E-state index in [1.807, 2.05) is 6.92 Å². The molecule has 0 saturated carbocycles. The van der Waals surface area contributed by atoms with Gasteiger partial charge in [0, 0.05) is 13.0 Å². The first kappa shape index (κ1) is 14.0. The Morgan fingerprint density at radius 2 is 2.38 bits per heavy atom. The van der Waals surface area contributed by atoms with Gasteiger partial charge in [0.1, 0.15) is 12.3 Å². The molecule has 0 spiro atoms. The number of aromatic nitrogens is 4. The third-order valence-electron chi connectivity index (χ3n) is 3.74. The van der Waals surface area contributed by atoms with Crippen LogP contribution in [0, 0.1) is 5.92 Å². The van der Waals surface area contributed by atoms with E-state index in [0.717, 1.165) is 0 Å². The number of nitrogens with two attached hydrogens (primary N) is 1. The Balaban J connectivity index is 2.03. The molecule has 0 unspecified atom stereocenters. The van der Waals surface area contributed by atoms with Crippen molar-refractivity contribution in [3.05, 3.63) is 16.7 Å². The zero-order valence-corrected chi connectivity index (χ0v) is 11.7. The van der Waals surface area contributed by atoms with Gasteiger partial charge in [-0.1, -0.05) is 6.92 Å². The van der Waals surface area contributed by atoms with Gasteiger partial charge in [0.15, 0.2) is 11.2 Å². The first-order chi connectivity index (χ1) is 10.0. The largest absolute Gasteiger partial charge is 0.390 e. The first-order valence-corrected chi connectivity index (χ1v) is 6.57. The van der Waals surface area contributed by atoms with Crippen LogP contribution in [0.25, 0.3) is 11.2 Å². The number of aliphatic hydroxyl groups excluding tert-OH is 1. The smallest absolute Gasteiger partial charge is 0.280 e. The number of nitrogens with zero attached hydrogens (tertiary/aromatic N) is 3. The van der Waals surface area contributed by atoms with E-state index in [0.29, 0.717) is 5.65 Å². The molecule has 1 saturated heterocycles. The second kappa shape index (κ2) is 5.10. The van der Waals surface area contributed by atoms with E-state index in [1.54, 1.807) is 11.7 Å². The van der Waals surface area contributed by atoms with Crippen LogP contribution in [0.4, 0.5) is 5.95 Å². The fourth-order valence-corrected chi connectivity index (χ4v) is 2.64. The van der Waals surface area contributed by atoms with Gasteiger partial charge in [-0.15, -0.1) is 0 Å². The summed E-state index contributed by atoms with van der Waals surface area (Å²) < 4.78 is 12.5. The standard InChI is InChI=1S/C12H17N5O4/c1-5-8(18)6(3-20-2)21-11(5)17-4-14-7-9(17)15-12(13)16-10(7)19/h4-6,8,11,18H,3H2,1-2H3,(H3,13,15,16,19)/t5-,6+,8-,11+/m0/s1. The predicted octanol–water partition coefficient (Wildman–Crippen LogP) is -0.757. The lowest BCUT2D eigenvalue weighted by molar-refractivity contribution is -0.0534. The van der Waals surface area contributed by atoms with Gasteiger partial charge >= 0.3 is 0 Å². The monoisotopic (exact) mass is 295 g/mol. The molecule has 1 aliphatic rings. The molecule has 0 amide bonds. The van der Waals surface area contributed by atoms with Gasteiger partial charge in [-0.3, -0.25) is 14.3 Å². The normalized spacial score (nSPS) is 29.3. The minimum atomic E-state index is -0.674. The van der Waals surface area contributed by atoms with E-state index < -0.39 is 24.0 Å². The molecule has 4 atom stereocenters. The summed E-state index contributed by atoms with van der Waals surface area (Å²) in [5.41, 5.74) is 5.68. The first-order valence-electron chi connectivity index (χ1n) is 6.57. The van der Waals surface area contributed by atoms with Gasteiger partial charge in [-0.05, 0) is 0 Å². The highest BCUT2D eigenvalue weighted by atomic mass is 16.6. The number of H-pyrrole nitrogens is 1. The number of anilines is 1. The van der Waals surface area contributed by atoms with Crippen molar-refractivity contribution < 1.29 is 14.6 Å². The van der Waals surface area contributed by atoms with Crippen molar-refractivity contribution in [3.8, 4) is 0 Å². The molecule has 9 heteroatoms. The maximum Gasteiger partial charge on any atom is 0.280 e. The number of rotatable bonds is 3. The van der Waals surface area contributed by atoms with E-state index >= 15 is 0 Å². The van der Waals surface area contributed by atoms with Gasteiger partial charge in [0.25, 0.3) is 5.56 Å². The quantitative estimate of drug-likeness (QED) is 0.679. The zero-order chi connectivity index (χ0) is 15.1. The summed E-state index contributed by atoms with van der Waals surface area (Å²) in [4.78, 5) is 22.3. The van der Waals surface area contributed by atoms with Crippen molar-refractivity contribution in [1.29, 1.82) is 0 Å². The molecule has 3 rings (SSSR count). The Morgan fingerprint density at radius 1 is 1.62 bits per heavy atom. The number of fused-ring (bicyclic) bond motifs is 1. The highest BCUT2D eigenvalue weighted by molar-refractivity contribution is 5.70. The maximum atomic E-state index is 11.8. The lowest BCUT2D eigenvalue weighted by atomic mass is 10.0.